The van der Waals surface area contributed by atoms with Gasteiger partial charge in [0.25, 0.3) is 23.6 Å². The summed E-state index contributed by atoms with van der Waals surface area (Å²) in [5.41, 5.74) is 17.6. The molecule has 1 atom stereocenters. The van der Waals surface area contributed by atoms with E-state index in [1.165, 1.54) is 9.80 Å². The Labute approximate surface area is 812 Å². The summed E-state index contributed by atoms with van der Waals surface area (Å²) in [6.45, 7) is 49.6. The van der Waals surface area contributed by atoms with E-state index in [9.17, 15) is 0 Å². The fourth-order valence-electron chi connectivity index (χ4n) is 21.2. The molecule has 1 unspecified atom stereocenters. The lowest BCUT2D eigenvalue weighted by Crippen LogP contribution is -2.42. The van der Waals surface area contributed by atoms with Crippen LogP contribution in [0.4, 0.5) is 11.4 Å². The van der Waals surface area contributed by atoms with E-state index in [-0.39, 0.29) is 45.3 Å². The third kappa shape index (κ3) is 15.4. The molecule has 10 nitrogen and oxygen atoms in total. The van der Waals surface area contributed by atoms with Gasteiger partial charge in [0.15, 0.2) is 0 Å². The Balaban J connectivity index is 0.724. The number of alkyl halides is 1. The summed E-state index contributed by atoms with van der Waals surface area (Å²) in [5.74, 6) is 2.33. The highest BCUT2D eigenvalue weighted by molar-refractivity contribution is 6.47. The Morgan fingerprint density at radius 1 is 0.343 bits per heavy atom. The maximum Gasteiger partial charge on any atom is 0.266 e. The van der Waals surface area contributed by atoms with Crippen molar-refractivity contribution in [1.29, 1.82) is 0 Å². The summed E-state index contributed by atoms with van der Waals surface area (Å²) in [5, 5.41) is 12.6. The summed E-state index contributed by atoms with van der Waals surface area (Å²) in [7, 11) is 0. The van der Waals surface area contributed by atoms with Gasteiger partial charge in [0, 0.05) is 53.7 Å². The Morgan fingerprint density at radius 2 is 0.650 bits per heavy atom. The lowest BCUT2D eigenvalue weighted by Gasteiger charge is -2.33. The molecule has 4 amide bonds. The molecule has 137 heavy (non-hydrogen) atoms. The van der Waals surface area contributed by atoms with Crippen molar-refractivity contribution in [2.24, 2.45) is 0 Å². The molecule has 0 bridgehead atoms. The molecule has 0 saturated heterocycles. The second-order valence-electron chi connectivity index (χ2n) is 43.0. The zero-order valence-corrected chi connectivity index (χ0v) is 83.5. The zero-order valence-electron chi connectivity index (χ0n) is 82.0. The molecule has 12 heteroatoms. The summed E-state index contributed by atoms with van der Waals surface area (Å²) in [6, 6.07) is 77.9. The van der Waals surface area contributed by atoms with Gasteiger partial charge in [-0.3, -0.25) is 19.2 Å². The van der Waals surface area contributed by atoms with Crippen molar-refractivity contribution < 1.29 is 38.1 Å². The number of hydrogen-bond donors (Lipinski definition) is 0. The second-order valence-corrected chi connectivity index (χ2v) is 44.0. The highest BCUT2D eigenvalue weighted by atomic mass is 35.5. The van der Waals surface area contributed by atoms with Crippen LogP contribution < -0.4 is 28.7 Å². The summed E-state index contributed by atoms with van der Waals surface area (Å²) in [4.78, 5) is 67.6. The average Bonchev–Trinajstić information content (AvgIpc) is 0.685. The monoisotopic (exact) mass is 1840 g/mol. The predicted octanol–water partition coefficient (Wildman–Crippen LogP) is 35.5. The van der Waals surface area contributed by atoms with Gasteiger partial charge < -0.3 is 18.9 Å². The van der Waals surface area contributed by atoms with Crippen LogP contribution in [0.1, 0.15) is 271 Å². The van der Waals surface area contributed by atoms with Gasteiger partial charge >= 0.3 is 0 Å². The fourth-order valence-corrected chi connectivity index (χ4v) is 21.9. The normalized spacial score (nSPS) is 14.7. The van der Waals surface area contributed by atoms with Crippen LogP contribution in [0.2, 0.25) is 5.02 Å². The molecule has 686 valence electrons. The Kier molecular flexibility index (Phi) is 22.4. The molecule has 0 saturated carbocycles. The van der Waals surface area contributed by atoms with Gasteiger partial charge in [0.2, 0.25) is 0 Å². The number of allylic oxidation sites excluding steroid dienone is 6. The highest BCUT2D eigenvalue weighted by Crippen LogP contribution is 2.59. The molecule has 0 spiro atoms. The largest absolute Gasteiger partial charge is 0.457 e. The summed E-state index contributed by atoms with van der Waals surface area (Å²) < 4.78 is 29.2. The van der Waals surface area contributed by atoms with E-state index in [1.807, 2.05) is 121 Å². The first-order chi connectivity index (χ1) is 65.1. The Morgan fingerprint density at radius 3 is 0.971 bits per heavy atom. The molecule has 20 rings (SSSR count). The van der Waals surface area contributed by atoms with Crippen molar-refractivity contribution in [2.45, 2.75) is 203 Å². The number of imide groups is 2. The molecule has 1 aliphatic carbocycles. The van der Waals surface area contributed by atoms with Crippen LogP contribution in [0.3, 0.4) is 0 Å². The van der Waals surface area contributed by atoms with Crippen molar-refractivity contribution in [2.75, 3.05) is 9.80 Å². The summed E-state index contributed by atoms with van der Waals surface area (Å²) >= 11 is 15.8. The number of hydrogen-bond acceptors (Lipinski definition) is 8. The third-order valence-electron chi connectivity index (χ3n) is 28.5. The van der Waals surface area contributed by atoms with Gasteiger partial charge in [-0.05, 0) is 276 Å². The number of carbonyl (C=O) groups is 4. The summed E-state index contributed by atoms with van der Waals surface area (Å²) in [6.07, 6.45) is 8.80. The molecule has 0 N–H and O–H groups in total. The lowest BCUT2D eigenvalue weighted by atomic mass is 9.81. The van der Waals surface area contributed by atoms with Gasteiger partial charge in [-0.25, -0.2) is 9.80 Å². The lowest BCUT2D eigenvalue weighted by molar-refractivity contribution is 0.0877. The van der Waals surface area contributed by atoms with Gasteiger partial charge in [-0.15, -0.1) is 11.6 Å². The average molecular weight is 1840 g/mol. The highest BCUT2D eigenvalue weighted by Gasteiger charge is 2.44. The van der Waals surface area contributed by atoms with Crippen LogP contribution in [0.5, 0.6) is 46.0 Å². The number of halogens is 2. The quantitative estimate of drug-likeness (QED) is 0.0341. The molecular formula is C125H114Cl2N2O8. The number of aryl methyl sites for hydroxylation is 1. The topological polar surface area (TPSA) is 112 Å². The van der Waals surface area contributed by atoms with E-state index in [0.29, 0.717) is 113 Å². The van der Waals surface area contributed by atoms with Crippen LogP contribution in [0.15, 0.2) is 266 Å². The van der Waals surface area contributed by atoms with E-state index in [1.54, 1.807) is 0 Å². The maximum absolute atomic E-state index is 16.2. The van der Waals surface area contributed by atoms with Crippen LogP contribution in [-0.2, 0) is 21.7 Å². The van der Waals surface area contributed by atoms with Crippen molar-refractivity contribution in [3.05, 3.63) is 355 Å². The smallest absolute Gasteiger partial charge is 0.266 e. The number of nitrogens with zero attached hydrogens (tertiary/aromatic N) is 2. The number of anilines is 2. The number of rotatable bonds is 19. The molecule has 0 aromatic heterocycles. The van der Waals surface area contributed by atoms with Crippen molar-refractivity contribution in [3.8, 4) is 57.1 Å². The molecule has 0 radical (unpaired) electrons. The van der Waals surface area contributed by atoms with Crippen LogP contribution in [0.25, 0.3) is 109 Å². The predicted molar refractivity (Wildman–Crippen MR) is 571 cm³/mol. The van der Waals surface area contributed by atoms with E-state index in [4.69, 9.17) is 42.1 Å². The van der Waals surface area contributed by atoms with E-state index < -0.39 is 29.0 Å². The number of fused-ring (bicyclic) bond motifs is 4. The van der Waals surface area contributed by atoms with Gasteiger partial charge in [-0.1, -0.05) is 320 Å². The van der Waals surface area contributed by atoms with Crippen LogP contribution >= 0.6 is 23.2 Å². The van der Waals surface area contributed by atoms with Crippen molar-refractivity contribution in [3.63, 3.8) is 0 Å². The van der Waals surface area contributed by atoms with Crippen LogP contribution in [0, 0.1) is 6.92 Å². The Bertz CT molecular complexity index is 7750. The molecular weight excluding hydrogens is 1730 g/mol. The number of amides is 4. The van der Waals surface area contributed by atoms with E-state index >= 15 is 19.2 Å². The molecule has 2 heterocycles. The van der Waals surface area contributed by atoms with Crippen molar-refractivity contribution >= 4 is 156 Å². The van der Waals surface area contributed by atoms with Crippen LogP contribution in [-0.4, -0.2) is 29.0 Å². The molecule has 0 fully saturated rings. The SMILES string of the molecule is C=CC1=C(/C=C\c2cc(Cl)c(-c3ccc4c5c(Oc6ccc(C(C)(C)C)cc6)cc6c7c(cc(Oc8ccc(C(C)(C)C)cc8)c(c8cccc3c84)c75)C(=O)N(c3c(C(C)C)cccc3C(C)C)C6=O)cc2C)CC(Cl)C(c2ccc3c4c(Oc5ccc(C(C)(C)C)cc5)cc5c6c(cc(Oc7ccc(C(C)(C)C)cc7)c(c7cccc2c73)c64)C(=O)N(c2c(C(C)C)cccc2C(C)C)C5=O)=C1. The standard InChI is InChI=1S/C125H114Cl2N2O8/c1-23-71-59-95(87-55-57-93-107-89(87)33-27-35-91(107)111-103(135-79-48-40-75(41-49-79)123(14,15)16)63-97-109-99(65-105(113(93)115(109)111)137-81-52-44-77(45-53-81)125(20,21)22)121(133)129(119(97)131)117-84(68(6)7)30-25-31-85(117)69(8)9)101(127)61-73(71)37-36-72-60-100(126)94(58-70(72)10)86-54-56-92-106-88(86)32-26-34-90(106)110-102(134-78-46-38-74(39-47-78)122(11,12)13)62-96-108-98(64-104(112(92)114(108)110)136-80-50-42-76(43-51-80)124(17,18)19)120(132)128(118(96)130)116-82(66(2)3)28-24-29-83(116)67(4)5/h23-60,62-69,101H,1,61H2,2-22H3/b37-36-. The van der Waals surface area contributed by atoms with Gasteiger partial charge in [0.1, 0.15) is 46.0 Å². The maximum atomic E-state index is 16.2. The zero-order chi connectivity index (χ0) is 96.7. The first-order valence-electron chi connectivity index (χ1n) is 48.0. The fraction of sp³-hybridized carbons (Fsp3) is 0.248. The molecule has 2 aliphatic heterocycles. The number of benzene rings is 17. The minimum atomic E-state index is -0.504. The molecule has 17 aromatic carbocycles. The van der Waals surface area contributed by atoms with E-state index in [2.05, 4.69) is 285 Å². The minimum Gasteiger partial charge on any atom is -0.457 e. The van der Waals surface area contributed by atoms with E-state index in [0.717, 1.165) is 154 Å². The second kappa shape index (κ2) is 33.7. The molecule has 17 aromatic rings. The van der Waals surface area contributed by atoms with Crippen molar-refractivity contribution in [1.82, 2.24) is 0 Å². The first kappa shape index (κ1) is 91.1. The number of carbonyl (C=O) groups excluding carboxylic acids is 4. The number of para-hydroxylation sites is 2. The molecule has 3 aliphatic rings. The van der Waals surface area contributed by atoms with Gasteiger partial charge in [0.05, 0.1) is 39.0 Å². The number of ether oxygens (including phenoxy) is 4. The minimum absolute atomic E-state index is 0.0237. The van der Waals surface area contributed by atoms with Gasteiger partial charge in [-0.2, -0.15) is 0 Å². The first-order valence-corrected chi connectivity index (χ1v) is 48.8. The Hall–Kier alpha value is -13.6. The third-order valence-corrected chi connectivity index (χ3v) is 29.2.